The van der Waals surface area contributed by atoms with Crippen LogP contribution in [0.15, 0.2) is 30.7 Å². The van der Waals surface area contributed by atoms with E-state index in [4.69, 9.17) is 5.26 Å². The van der Waals surface area contributed by atoms with Crippen LogP contribution in [0.4, 0.5) is 17.3 Å². The fraction of sp³-hybridized carbons (Fsp3) is 0.368. The van der Waals surface area contributed by atoms with E-state index in [2.05, 4.69) is 41.2 Å². The molecule has 29 heavy (non-hydrogen) atoms. The lowest BCUT2D eigenvalue weighted by Gasteiger charge is -2.23. The van der Waals surface area contributed by atoms with Gasteiger partial charge in [0.25, 0.3) is 0 Å². The summed E-state index contributed by atoms with van der Waals surface area (Å²) in [5.41, 5.74) is 2.59. The first-order valence-electron chi connectivity index (χ1n) is 9.53. The van der Waals surface area contributed by atoms with E-state index >= 15 is 0 Å². The summed E-state index contributed by atoms with van der Waals surface area (Å²) < 4.78 is 1.74. The SMILES string of the molecule is Cn1ccc(-c2nnc(Nc3cnc(C#N)cn3)cc2NCC2CCNCC2)n1. The highest BCUT2D eigenvalue weighted by Crippen LogP contribution is 2.27. The predicted octanol–water partition coefficient (Wildman–Crippen LogP) is 1.69. The third-order valence-corrected chi connectivity index (χ3v) is 4.81. The molecule has 0 radical (unpaired) electrons. The number of anilines is 3. The van der Waals surface area contributed by atoms with Gasteiger partial charge in [0, 0.05) is 25.9 Å². The zero-order valence-electron chi connectivity index (χ0n) is 16.1. The zero-order valence-corrected chi connectivity index (χ0v) is 16.1. The summed E-state index contributed by atoms with van der Waals surface area (Å²) in [5.74, 6) is 1.64. The molecule has 3 aromatic rings. The summed E-state index contributed by atoms with van der Waals surface area (Å²) in [4.78, 5) is 8.18. The van der Waals surface area contributed by atoms with E-state index in [0.717, 1.165) is 43.9 Å². The maximum absolute atomic E-state index is 8.85. The van der Waals surface area contributed by atoms with Crippen molar-refractivity contribution in [1.29, 1.82) is 5.26 Å². The van der Waals surface area contributed by atoms with Crippen LogP contribution < -0.4 is 16.0 Å². The highest BCUT2D eigenvalue weighted by Gasteiger charge is 2.16. The monoisotopic (exact) mass is 390 g/mol. The Balaban J connectivity index is 1.57. The van der Waals surface area contributed by atoms with Gasteiger partial charge in [-0.25, -0.2) is 9.97 Å². The molecule has 3 N–H and O–H groups in total. The van der Waals surface area contributed by atoms with Gasteiger partial charge in [-0.1, -0.05) is 0 Å². The Bertz CT molecular complexity index is 999. The van der Waals surface area contributed by atoms with Gasteiger partial charge in [0.1, 0.15) is 23.3 Å². The highest BCUT2D eigenvalue weighted by molar-refractivity contribution is 5.74. The summed E-state index contributed by atoms with van der Waals surface area (Å²) >= 11 is 0. The van der Waals surface area contributed by atoms with Crippen molar-refractivity contribution in [3.63, 3.8) is 0 Å². The van der Waals surface area contributed by atoms with E-state index in [0.29, 0.717) is 23.2 Å². The summed E-state index contributed by atoms with van der Waals surface area (Å²) in [6, 6.07) is 5.77. The molecule has 1 fully saturated rings. The summed E-state index contributed by atoms with van der Waals surface area (Å²) in [6.07, 6.45) is 7.09. The summed E-state index contributed by atoms with van der Waals surface area (Å²) in [7, 11) is 1.87. The van der Waals surface area contributed by atoms with Gasteiger partial charge in [-0.15, -0.1) is 10.2 Å². The Kier molecular flexibility index (Phi) is 5.58. The van der Waals surface area contributed by atoms with Gasteiger partial charge >= 0.3 is 0 Å². The average Bonchev–Trinajstić information content (AvgIpc) is 3.20. The molecule has 4 rings (SSSR count). The third kappa shape index (κ3) is 4.64. The zero-order chi connectivity index (χ0) is 20.1. The molecule has 3 aromatic heterocycles. The van der Waals surface area contributed by atoms with Crippen LogP contribution in [0.5, 0.6) is 0 Å². The number of aryl methyl sites for hydroxylation is 1. The van der Waals surface area contributed by atoms with Gasteiger partial charge < -0.3 is 16.0 Å². The molecule has 0 atom stereocenters. The molecule has 1 aliphatic rings. The maximum Gasteiger partial charge on any atom is 0.158 e. The largest absolute Gasteiger partial charge is 0.383 e. The van der Waals surface area contributed by atoms with Crippen molar-refractivity contribution in [1.82, 2.24) is 35.3 Å². The van der Waals surface area contributed by atoms with Gasteiger partial charge in [-0.2, -0.15) is 10.4 Å². The van der Waals surface area contributed by atoms with E-state index in [1.54, 1.807) is 4.68 Å². The van der Waals surface area contributed by atoms with Crippen LogP contribution in [0.2, 0.25) is 0 Å². The van der Waals surface area contributed by atoms with E-state index < -0.39 is 0 Å². The molecule has 4 heterocycles. The van der Waals surface area contributed by atoms with Gasteiger partial charge in [-0.3, -0.25) is 4.68 Å². The number of nitriles is 1. The van der Waals surface area contributed by atoms with Crippen LogP contribution in [0.1, 0.15) is 18.5 Å². The second kappa shape index (κ2) is 8.62. The predicted molar refractivity (Wildman–Crippen MR) is 108 cm³/mol. The first kappa shape index (κ1) is 18.8. The van der Waals surface area contributed by atoms with E-state index in [9.17, 15) is 0 Å². The number of aromatic nitrogens is 6. The molecule has 0 aliphatic carbocycles. The third-order valence-electron chi connectivity index (χ3n) is 4.81. The number of rotatable bonds is 6. The van der Waals surface area contributed by atoms with Crippen molar-refractivity contribution in [2.75, 3.05) is 30.3 Å². The topological polar surface area (TPSA) is 129 Å². The number of hydrogen-bond donors (Lipinski definition) is 3. The smallest absolute Gasteiger partial charge is 0.158 e. The Labute approximate surface area is 168 Å². The van der Waals surface area contributed by atoms with Crippen LogP contribution in [-0.2, 0) is 7.05 Å². The summed E-state index contributed by atoms with van der Waals surface area (Å²) in [6.45, 7) is 2.97. The van der Waals surface area contributed by atoms with Crippen molar-refractivity contribution in [2.45, 2.75) is 12.8 Å². The average molecular weight is 390 g/mol. The van der Waals surface area contributed by atoms with E-state index in [-0.39, 0.29) is 5.69 Å². The fourth-order valence-electron chi connectivity index (χ4n) is 3.24. The Morgan fingerprint density at radius 3 is 2.76 bits per heavy atom. The second-order valence-electron chi connectivity index (χ2n) is 6.96. The molecule has 10 nitrogen and oxygen atoms in total. The van der Waals surface area contributed by atoms with Crippen LogP contribution in [0, 0.1) is 17.2 Å². The fourth-order valence-corrected chi connectivity index (χ4v) is 3.24. The quantitative estimate of drug-likeness (QED) is 0.575. The van der Waals surface area contributed by atoms with Crippen molar-refractivity contribution in [3.05, 3.63) is 36.4 Å². The van der Waals surface area contributed by atoms with Gasteiger partial charge in [0.05, 0.1) is 18.1 Å². The second-order valence-corrected chi connectivity index (χ2v) is 6.96. The van der Waals surface area contributed by atoms with Gasteiger partial charge in [0.2, 0.25) is 0 Å². The lowest BCUT2D eigenvalue weighted by atomic mass is 9.98. The van der Waals surface area contributed by atoms with Crippen molar-refractivity contribution >= 4 is 17.3 Å². The van der Waals surface area contributed by atoms with Crippen molar-refractivity contribution < 1.29 is 0 Å². The minimum Gasteiger partial charge on any atom is -0.383 e. The summed E-state index contributed by atoms with van der Waals surface area (Å²) in [5, 5.41) is 32.0. The number of hydrogen-bond acceptors (Lipinski definition) is 9. The van der Waals surface area contributed by atoms with Gasteiger partial charge in [-0.05, 0) is 37.9 Å². The standard InChI is InChI=1S/C19H22N10/c1-29-7-4-15(28-29)19-16(23-10-13-2-5-21-6-3-13)8-17(26-27-19)25-18-12-22-14(9-20)11-24-18/h4,7-8,11-13,21H,2-3,5-6,10H2,1H3,(H2,23,24,25,26). The molecule has 148 valence electrons. The van der Waals surface area contributed by atoms with Crippen LogP contribution in [0.3, 0.4) is 0 Å². The first-order chi connectivity index (χ1) is 14.2. The van der Waals surface area contributed by atoms with Crippen LogP contribution in [0.25, 0.3) is 11.4 Å². The van der Waals surface area contributed by atoms with Crippen LogP contribution in [-0.4, -0.2) is 49.6 Å². The molecule has 1 aliphatic heterocycles. The molecule has 0 unspecified atom stereocenters. The van der Waals surface area contributed by atoms with Crippen LogP contribution >= 0.6 is 0 Å². The molecule has 0 spiro atoms. The Morgan fingerprint density at radius 1 is 1.21 bits per heavy atom. The first-order valence-corrected chi connectivity index (χ1v) is 9.53. The minimum absolute atomic E-state index is 0.261. The molecule has 0 bridgehead atoms. The Hall–Kier alpha value is -3.58. The molecular formula is C19H22N10. The van der Waals surface area contributed by atoms with Crippen molar-refractivity contribution in [3.8, 4) is 17.5 Å². The molecule has 0 amide bonds. The highest BCUT2D eigenvalue weighted by atomic mass is 15.3. The minimum atomic E-state index is 0.261. The Morgan fingerprint density at radius 2 is 2.07 bits per heavy atom. The molecule has 0 saturated carbocycles. The van der Waals surface area contributed by atoms with Gasteiger partial charge in [0.15, 0.2) is 11.5 Å². The normalized spacial score (nSPS) is 14.3. The lowest BCUT2D eigenvalue weighted by molar-refractivity contribution is 0.390. The lowest BCUT2D eigenvalue weighted by Crippen LogP contribution is -2.31. The van der Waals surface area contributed by atoms with E-state index in [1.807, 2.05) is 31.4 Å². The molecular weight excluding hydrogens is 368 g/mol. The molecule has 10 heteroatoms. The molecule has 1 saturated heterocycles. The molecule has 0 aromatic carbocycles. The number of nitrogens with one attached hydrogen (secondary N) is 3. The maximum atomic E-state index is 8.85. The number of piperidine rings is 1. The van der Waals surface area contributed by atoms with Crippen molar-refractivity contribution in [2.24, 2.45) is 13.0 Å². The van der Waals surface area contributed by atoms with E-state index in [1.165, 1.54) is 12.4 Å². The number of nitrogens with zero attached hydrogens (tertiary/aromatic N) is 7.